The standard InChI is InChI=1S/C25H30N4O6S3/c1-23(2,3)33-19(31)25(7,8)35-29-17(15-13-36-20(26-15)28-21(32)34-24(4,5)6)18(30)38-22-27-14-11-9-10-12-16(14)37-22/h9-13H,1-8H3,(H,26,28,32)/b29-17+. The van der Waals surface area contributed by atoms with Crippen LogP contribution in [0.4, 0.5) is 9.93 Å². The van der Waals surface area contributed by atoms with Crippen molar-refractivity contribution in [2.45, 2.75) is 76.5 Å². The zero-order valence-electron chi connectivity index (χ0n) is 22.4. The molecule has 0 aliphatic rings. The summed E-state index contributed by atoms with van der Waals surface area (Å²) in [5.74, 6) is -0.648. The summed E-state index contributed by atoms with van der Waals surface area (Å²) in [5.41, 5.74) is -2.15. The minimum Gasteiger partial charge on any atom is -0.457 e. The number of ether oxygens (including phenoxy) is 2. The molecule has 204 valence electrons. The van der Waals surface area contributed by atoms with E-state index in [0.29, 0.717) is 4.34 Å². The van der Waals surface area contributed by atoms with Crippen LogP contribution >= 0.6 is 34.4 Å². The van der Waals surface area contributed by atoms with Gasteiger partial charge in [-0.05, 0) is 79.3 Å². The highest BCUT2D eigenvalue weighted by Crippen LogP contribution is 2.31. The quantitative estimate of drug-likeness (QED) is 0.149. The van der Waals surface area contributed by atoms with Gasteiger partial charge >= 0.3 is 12.1 Å². The molecule has 0 radical (unpaired) electrons. The van der Waals surface area contributed by atoms with E-state index in [1.807, 2.05) is 24.3 Å². The number of aromatic nitrogens is 2. The van der Waals surface area contributed by atoms with Crippen LogP contribution in [-0.4, -0.2) is 49.7 Å². The lowest BCUT2D eigenvalue weighted by Crippen LogP contribution is -2.40. The maximum Gasteiger partial charge on any atom is 0.413 e. The van der Waals surface area contributed by atoms with Crippen LogP contribution in [0.1, 0.15) is 61.1 Å². The summed E-state index contributed by atoms with van der Waals surface area (Å²) in [4.78, 5) is 52.5. The van der Waals surface area contributed by atoms with E-state index in [-0.39, 0.29) is 16.5 Å². The number of hydrogen-bond acceptors (Lipinski definition) is 12. The Balaban J connectivity index is 1.88. The van der Waals surface area contributed by atoms with Crippen LogP contribution in [0, 0.1) is 0 Å². The molecule has 0 bridgehead atoms. The normalized spacial score (nSPS) is 12.8. The third-order valence-electron chi connectivity index (χ3n) is 4.26. The fourth-order valence-corrected chi connectivity index (χ4v) is 5.22. The Hall–Kier alpha value is -3.03. The second-order valence-corrected chi connectivity index (χ2v) is 13.7. The number of para-hydroxylation sites is 1. The van der Waals surface area contributed by atoms with Gasteiger partial charge in [-0.2, -0.15) is 0 Å². The molecule has 38 heavy (non-hydrogen) atoms. The number of fused-ring (bicyclic) bond motifs is 1. The molecule has 2 aromatic heterocycles. The lowest BCUT2D eigenvalue weighted by atomic mass is 10.1. The minimum absolute atomic E-state index is 0.152. The molecule has 3 rings (SSSR count). The molecule has 0 atom stereocenters. The van der Waals surface area contributed by atoms with Crippen LogP contribution in [-0.2, 0) is 23.9 Å². The molecule has 10 nitrogen and oxygen atoms in total. The van der Waals surface area contributed by atoms with E-state index in [2.05, 4.69) is 20.4 Å². The maximum atomic E-state index is 13.4. The summed E-state index contributed by atoms with van der Waals surface area (Å²) in [6.07, 6.45) is -0.686. The van der Waals surface area contributed by atoms with Crippen molar-refractivity contribution in [1.82, 2.24) is 9.97 Å². The van der Waals surface area contributed by atoms with E-state index in [1.165, 1.54) is 25.2 Å². The molecule has 0 saturated heterocycles. The van der Waals surface area contributed by atoms with Crippen molar-refractivity contribution in [3.8, 4) is 0 Å². The number of carbonyl (C=O) groups excluding carboxylic acids is 3. The van der Waals surface area contributed by atoms with Gasteiger partial charge in [-0.3, -0.25) is 10.1 Å². The second-order valence-electron chi connectivity index (χ2n) is 10.5. The highest BCUT2D eigenvalue weighted by atomic mass is 32.2. The number of oxime groups is 1. The Bertz CT molecular complexity index is 1330. The molecule has 0 fully saturated rings. The maximum absolute atomic E-state index is 13.4. The molecule has 1 N–H and O–H groups in total. The minimum atomic E-state index is -1.49. The number of nitrogens with one attached hydrogen (secondary N) is 1. The number of anilines is 1. The van der Waals surface area contributed by atoms with Crippen molar-refractivity contribution in [2.75, 3.05) is 5.32 Å². The highest BCUT2D eigenvalue weighted by Gasteiger charge is 2.36. The number of thiazole rings is 2. The number of esters is 1. The molecule has 0 spiro atoms. The van der Waals surface area contributed by atoms with Crippen LogP contribution in [0.25, 0.3) is 10.2 Å². The van der Waals surface area contributed by atoms with Gasteiger partial charge in [-0.1, -0.05) is 17.3 Å². The molecule has 0 unspecified atom stereocenters. The molecule has 1 amide bonds. The predicted octanol–water partition coefficient (Wildman–Crippen LogP) is 6.26. The van der Waals surface area contributed by atoms with Gasteiger partial charge in [-0.25, -0.2) is 19.6 Å². The van der Waals surface area contributed by atoms with Crippen molar-refractivity contribution in [3.63, 3.8) is 0 Å². The van der Waals surface area contributed by atoms with Crippen LogP contribution in [0.15, 0.2) is 39.1 Å². The number of amides is 1. The summed E-state index contributed by atoms with van der Waals surface area (Å²) < 4.78 is 12.1. The molecule has 13 heteroatoms. The van der Waals surface area contributed by atoms with Crippen molar-refractivity contribution in [3.05, 3.63) is 35.3 Å². The van der Waals surface area contributed by atoms with Gasteiger partial charge in [0.1, 0.15) is 16.9 Å². The summed E-state index contributed by atoms with van der Waals surface area (Å²) in [6, 6.07) is 7.53. The van der Waals surface area contributed by atoms with Crippen LogP contribution in [0.5, 0.6) is 0 Å². The van der Waals surface area contributed by atoms with Gasteiger partial charge < -0.3 is 14.3 Å². The Morgan fingerprint density at radius 3 is 2.24 bits per heavy atom. The molecule has 0 aliphatic heterocycles. The van der Waals surface area contributed by atoms with Crippen molar-refractivity contribution in [2.24, 2.45) is 5.16 Å². The number of carbonyl (C=O) groups is 3. The number of thioether (sulfide) groups is 1. The molecule has 1 aromatic carbocycles. The van der Waals surface area contributed by atoms with Crippen molar-refractivity contribution in [1.29, 1.82) is 0 Å². The number of benzene rings is 1. The lowest BCUT2D eigenvalue weighted by Gasteiger charge is -2.26. The Labute approximate surface area is 233 Å². The first-order valence-corrected chi connectivity index (χ1v) is 14.1. The average Bonchev–Trinajstić information content (AvgIpc) is 3.37. The van der Waals surface area contributed by atoms with E-state index in [1.54, 1.807) is 46.9 Å². The van der Waals surface area contributed by atoms with E-state index < -0.39 is 34.0 Å². The zero-order chi connectivity index (χ0) is 28.3. The largest absolute Gasteiger partial charge is 0.457 e. The molecule has 2 heterocycles. The highest BCUT2D eigenvalue weighted by molar-refractivity contribution is 8.16. The monoisotopic (exact) mass is 578 g/mol. The van der Waals surface area contributed by atoms with Crippen LogP contribution in [0.3, 0.4) is 0 Å². The predicted molar refractivity (Wildman–Crippen MR) is 150 cm³/mol. The average molecular weight is 579 g/mol. The fraction of sp³-hybridized carbons (Fsp3) is 0.440. The first-order chi connectivity index (χ1) is 17.5. The fourth-order valence-electron chi connectivity index (χ4n) is 2.64. The topological polar surface area (TPSA) is 129 Å². The van der Waals surface area contributed by atoms with Gasteiger partial charge in [0.15, 0.2) is 15.2 Å². The number of hydrogen-bond donors (Lipinski definition) is 1. The Kier molecular flexibility index (Phi) is 8.84. The smallest absolute Gasteiger partial charge is 0.413 e. The van der Waals surface area contributed by atoms with Gasteiger partial charge in [0.25, 0.3) is 0 Å². The van der Waals surface area contributed by atoms with Crippen LogP contribution in [0.2, 0.25) is 0 Å². The first-order valence-electron chi connectivity index (χ1n) is 11.6. The first kappa shape index (κ1) is 29.5. The number of nitrogens with zero attached hydrogens (tertiary/aromatic N) is 3. The van der Waals surface area contributed by atoms with Crippen LogP contribution < -0.4 is 5.32 Å². The molecular weight excluding hydrogens is 548 g/mol. The van der Waals surface area contributed by atoms with Crippen molar-refractivity contribution >= 4 is 72.7 Å². The molecule has 0 saturated carbocycles. The third-order valence-corrected chi connectivity index (χ3v) is 6.99. The van der Waals surface area contributed by atoms with Gasteiger partial charge in [-0.15, -0.1) is 22.7 Å². The van der Waals surface area contributed by atoms with E-state index in [0.717, 1.165) is 33.3 Å². The summed E-state index contributed by atoms with van der Waals surface area (Å²) in [6.45, 7) is 13.4. The Morgan fingerprint density at radius 1 is 0.947 bits per heavy atom. The zero-order valence-corrected chi connectivity index (χ0v) is 24.9. The van der Waals surface area contributed by atoms with Gasteiger partial charge in [0.2, 0.25) is 10.7 Å². The molecule has 0 aliphatic carbocycles. The van der Waals surface area contributed by atoms with E-state index >= 15 is 0 Å². The molecule has 3 aromatic rings. The van der Waals surface area contributed by atoms with Crippen molar-refractivity contribution < 1.29 is 28.7 Å². The number of rotatable bonds is 7. The SMILES string of the molecule is CC(C)(C)OC(=O)Nc1nc(/C(=N\OC(C)(C)C(=O)OC(C)(C)C)C(=O)Sc2nc3ccccc3s2)cs1. The summed E-state index contributed by atoms with van der Waals surface area (Å²) in [7, 11) is 0. The summed E-state index contributed by atoms with van der Waals surface area (Å²) >= 11 is 3.31. The Morgan fingerprint density at radius 2 is 1.61 bits per heavy atom. The van der Waals surface area contributed by atoms with Gasteiger partial charge in [0, 0.05) is 5.38 Å². The van der Waals surface area contributed by atoms with E-state index in [4.69, 9.17) is 14.3 Å². The second kappa shape index (κ2) is 11.4. The van der Waals surface area contributed by atoms with E-state index in [9.17, 15) is 14.4 Å². The lowest BCUT2D eigenvalue weighted by molar-refractivity contribution is -0.179. The molecular formula is C25H30N4O6S3. The van der Waals surface area contributed by atoms with Gasteiger partial charge in [0.05, 0.1) is 10.2 Å². The summed E-state index contributed by atoms with van der Waals surface area (Å²) in [5, 5.41) is 7.83. The third kappa shape index (κ3) is 8.50.